The number of carbonyl (C=O) groups excluding carboxylic acids is 1. The lowest BCUT2D eigenvalue weighted by Gasteiger charge is -2.34. The first-order valence-electron chi connectivity index (χ1n) is 7.81. The van der Waals surface area contributed by atoms with E-state index in [9.17, 15) is 4.79 Å². The molecular weight excluding hydrogens is 294 g/mol. The quantitative estimate of drug-likeness (QED) is 0.854. The van der Waals surface area contributed by atoms with Gasteiger partial charge < -0.3 is 14.3 Å². The molecule has 1 atom stereocenters. The van der Waals surface area contributed by atoms with E-state index < -0.39 is 0 Å². The van der Waals surface area contributed by atoms with Crippen molar-refractivity contribution in [2.45, 2.75) is 26.3 Å². The fraction of sp³-hybridized carbons (Fsp3) is 0.500. The van der Waals surface area contributed by atoms with Crippen molar-refractivity contribution in [3.05, 3.63) is 36.1 Å². The Morgan fingerprint density at radius 1 is 1.48 bits per heavy atom. The van der Waals surface area contributed by atoms with E-state index in [4.69, 9.17) is 4.52 Å². The standard InChI is InChI=1S/C16H21N5O2/c1-12-8-14(19-23-12)11-20(2)16(22)13-4-3-7-21(10-13)15-9-17-5-6-18-15/h5-6,8-9,13H,3-4,7,10-11H2,1-2H3. The number of piperidine rings is 1. The summed E-state index contributed by atoms with van der Waals surface area (Å²) in [6.07, 6.45) is 6.96. The minimum absolute atomic E-state index is 0.0243. The number of nitrogens with zero attached hydrogens (tertiary/aromatic N) is 5. The molecule has 122 valence electrons. The smallest absolute Gasteiger partial charge is 0.227 e. The van der Waals surface area contributed by atoms with Crippen molar-refractivity contribution >= 4 is 11.7 Å². The summed E-state index contributed by atoms with van der Waals surface area (Å²) >= 11 is 0. The molecule has 0 saturated carbocycles. The highest BCUT2D eigenvalue weighted by Gasteiger charge is 2.29. The molecule has 2 aromatic rings. The van der Waals surface area contributed by atoms with Gasteiger partial charge in [0.1, 0.15) is 17.3 Å². The van der Waals surface area contributed by atoms with Gasteiger partial charge in [0.2, 0.25) is 5.91 Å². The van der Waals surface area contributed by atoms with Gasteiger partial charge in [-0.15, -0.1) is 0 Å². The molecule has 0 aromatic carbocycles. The Morgan fingerprint density at radius 2 is 2.35 bits per heavy atom. The lowest BCUT2D eigenvalue weighted by Crippen LogP contribution is -2.43. The number of aromatic nitrogens is 3. The lowest BCUT2D eigenvalue weighted by atomic mass is 9.96. The predicted molar refractivity (Wildman–Crippen MR) is 84.7 cm³/mol. The van der Waals surface area contributed by atoms with E-state index >= 15 is 0 Å². The number of anilines is 1. The van der Waals surface area contributed by atoms with Gasteiger partial charge in [-0.1, -0.05) is 5.16 Å². The molecule has 0 bridgehead atoms. The third-order valence-corrected chi connectivity index (χ3v) is 4.10. The van der Waals surface area contributed by atoms with Crippen molar-refractivity contribution < 1.29 is 9.32 Å². The van der Waals surface area contributed by atoms with Gasteiger partial charge in [0, 0.05) is 38.6 Å². The molecule has 1 saturated heterocycles. The van der Waals surface area contributed by atoms with E-state index in [1.54, 1.807) is 23.5 Å². The normalized spacial score (nSPS) is 18.0. The Labute approximate surface area is 135 Å². The number of carbonyl (C=O) groups is 1. The maximum absolute atomic E-state index is 12.7. The fourth-order valence-electron chi connectivity index (χ4n) is 2.97. The molecule has 0 N–H and O–H groups in total. The zero-order valence-corrected chi connectivity index (χ0v) is 13.5. The SMILES string of the molecule is Cc1cc(CN(C)C(=O)C2CCCN(c3cnccn3)C2)no1. The van der Waals surface area contributed by atoms with E-state index in [2.05, 4.69) is 20.0 Å². The van der Waals surface area contributed by atoms with Crippen LogP contribution in [0, 0.1) is 12.8 Å². The summed E-state index contributed by atoms with van der Waals surface area (Å²) in [5.74, 6) is 1.70. The van der Waals surface area contributed by atoms with Crippen LogP contribution in [0.4, 0.5) is 5.82 Å². The second-order valence-corrected chi connectivity index (χ2v) is 5.97. The van der Waals surface area contributed by atoms with Crippen LogP contribution in [-0.2, 0) is 11.3 Å². The summed E-state index contributed by atoms with van der Waals surface area (Å²) in [6.45, 7) is 3.91. The Bertz CT molecular complexity index is 658. The van der Waals surface area contributed by atoms with Crippen molar-refractivity contribution in [3.8, 4) is 0 Å². The molecule has 3 heterocycles. The summed E-state index contributed by atoms with van der Waals surface area (Å²) in [7, 11) is 1.81. The lowest BCUT2D eigenvalue weighted by molar-refractivity contribution is -0.135. The van der Waals surface area contributed by atoms with Gasteiger partial charge in [-0.2, -0.15) is 0 Å². The second kappa shape index (κ2) is 6.76. The van der Waals surface area contributed by atoms with Crippen molar-refractivity contribution in [1.82, 2.24) is 20.0 Å². The highest BCUT2D eigenvalue weighted by molar-refractivity contribution is 5.79. The topological polar surface area (TPSA) is 75.4 Å². The van der Waals surface area contributed by atoms with Gasteiger partial charge in [-0.05, 0) is 19.8 Å². The Balaban J connectivity index is 1.62. The summed E-state index contributed by atoms with van der Waals surface area (Å²) < 4.78 is 5.05. The first-order chi connectivity index (χ1) is 11.1. The van der Waals surface area contributed by atoms with Gasteiger partial charge in [-0.3, -0.25) is 9.78 Å². The van der Waals surface area contributed by atoms with Gasteiger partial charge in [0.05, 0.1) is 18.7 Å². The van der Waals surface area contributed by atoms with Crippen LogP contribution >= 0.6 is 0 Å². The van der Waals surface area contributed by atoms with Gasteiger partial charge in [-0.25, -0.2) is 4.98 Å². The molecule has 1 aliphatic rings. The maximum atomic E-state index is 12.7. The van der Waals surface area contributed by atoms with E-state index in [1.165, 1.54) is 0 Å². The molecule has 1 aliphatic heterocycles. The monoisotopic (exact) mass is 315 g/mol. The molecule has 1 amide bonds. The second-order valence-electron chi connectivity index (χ2n) is 5.97. The van der Waals surface area contributed by atoms with Crippen LogP contribution in [-0.4, -0.2) is 46.1 Å². The van der Waals surface area contributed by atoms with Gasteiger partial charge >= 0.3 is 0 Å². The third-order valence-electron chi connectivity index (χ3n) is 4.10. The summed E-state index contributed by atoms with van der Waals surface area (Å²) in [6, 6.07) is 1.86. The highest BCUT2D eigenvalue weighted by Crippen LogP contribution is 2.22. The van der Waals surface area contributed by atoms with Crippen LogP contribution in [0.25, 0.3) is 0 Å². The van der Waals surface area contributed by atoms with E-state index in [1.807, 2.05) is 20.0 Å². The maximum Gasteiger partial charge on any atom is 0.227 e. The molecule has 2 aromatic heterocycles. The average molecular weight is 315 g/mol. The minimum Gasteiger partial charge on any atom is -0.361 e. The fourth-order valence-corrected chi connectivity index (χ4v) is 2.97. The van der Waals surface area contributed by atoms with E-state index in [0.29, 0.717) is 13.1 Å². The molecule has 1 fully saturated rings. The zero-order chi connectivity index (χ0) is 16.2. The predicted octanol–water partition coefficient (Wildman–Crippen LogP) is 1.65. The highest BCUT2D eigenvalue weighted by atomic mass is 16.5. The van der Waals surface area contributed by atoms with Crippen LogP contribution < -0.4 is 4.90 Å². The largest absolute Gasteiger partial charge is 0.361 e. The van der Waals surface area contributed by atoms with Crippen LogP contribution in [0.15, 0.2) is 29.2 Å². The van der Waals surface area contributed by atoms with Crippen molar-refractivity contribution in [2.75, 3.05) is 25.0 Å². The molecule has 1 unspecified atom stereocenters. The number of amides is 1. The molecule has 0 aliphatic carbocycles. The van der Waals surface area contributed by atoms with Gasteiger partial charge in [0.25, 0.3) is 0 Å². The summed E-state index contributed by atoms with van der Waals surface area (Å²) in [5.41, 5.74) is 0.778. The first-order valence-corrected chi connectivity index (χ1v) is 7.81. The van der Waals surface area contributed by atoms with Crippen LogP contribution in [0.1, 0.15) is 24.3 Å². The Morgan fingerprint density at radius 3 is 3.04 bits per heavy atom. The average Bonchev–Trinajstić information content (AvgIpc) is 3.00. The minimum atomic E-state index is -0.0243. The molecule has 7 heteroatoms. The van der Waals surface area contributed by atoms with Crippen molar-refractivity contribution in [1.29, 1.82) is 0 Å². The summed E-state index contributed by atoms with van der Waals surface area (Å²) in [4.78, 5) is 25.0. The Kier molecular flexibility index (Phi) is 4.55. The molecular formula is C16H21N5O2. The molecule has 0 radical (unpaired) electrons. The Hall–Kier alpha value is -2.44. The molecule has 23 heavy (non-hydrogen) atoms. The van der Waals surface area contributed by atoms with Gasteiger partial charge in [0.15, 0.2) is 0 Å². The first kappa shape index (κ1) is 15.5. The van der Waals surface area contributed by atoms with Crippen molar-refractivity contribution in [3.63, 3.8) is 0 Å². The van der Waals surface area contributed by atoms with Crippen molar-refractivity contribution in [2.24, 2.45) is 5.92 Å². The number of hydrogen-bond donors (Lipinski definition) is 0. The number of hydrogen-bond acceptors (Lipinski definition) is 6. The van der Waals surface area contributed by atoms with Crippen LogP contribution in [0.2, 0.25) is 0 Å². The number of rotatable bonds is 4. The van der Waals surface area contributed by atoms with Crippen LogP contribution in [0.5, 0.6) is 0 Å². The molecule has 7 nitrogen and oxygen atoms in total. The zero-order valence-electron chi connectivity index (χ0n) is 13.5. The number of aryl methyl sites for hydroxylation is 1. The van der Waals surface area contributed by atoms with Crippen LogP contribution in [0.3, 0.4) is 0 Å². The molecule has 0 spiro atoms. The van der Waals surface area contributed by atoms with E-state index in [0.717, 1.165) is 36.7 Å². The third kappa shape index (κ3) is 3.67. The summed E-state index contributed by atoms with van der Waals surface area (Å²) in [5, 5.41) is 3.95. The molecule has 3 rings (SSSR count). The van der Waals surface area contributed by atoms with E-state index in [-0.39, 0.29) is 11.8 Å².